The standard InChI is InChI=1S/C16H23NO5S/c1-19-7-5-6-17-15(18)10-23-16(17)11-8-13(21-3)14(22-4)9-12(11)20-2/h8-9,16H,5-7,10H2,1-4H3. The van der Waals surface area contributed by atoms with Gasteiger partial charge in [-0.1, -0.05) is 0 Å². The van der Waals surface area contributed by atoms with Crippen molar-refractivity contribution in [1.82, 2.24) is 4.90 Å². The Morgan fingerprint density at radius 2 is 1.74 bits per heavy atom. The van der Waals surface area contributed by atoms with Gasteiger partial charge in [0.1, 0.15) is 11.1 Å². The van der Waals surface area contributed by atoms with Gasteiger partial charge in [-0.15, -0.1) is 11.8 Å². The van der Waals surface area contributed by atoms with Crippen LogP contribution in [-0.4, -0.2) is 58.2 Å². The van der Waals surface area contributed by atoms with Crippen molar-refractivity contribution in [3.8, 4) is 17.2 Å². The smallest absolute Gasteiger partial charge is 0.233 e. The maximum absolute atomic E-state index is 12.2. The Balaban J connectivity index is 2.32. The molecule has 0 aliphatic carbocycles. The lowest BCUT2D eigenvalue weighted by Crippen LogP contribution is -2.30. The van der Waals surface area contributed by atoms with Crippen LogP contribution in [-0.2, 0) is 9.53 Å². The van der Waals surface area contributed by atoms with Crippen molar-refractivity contribution in [1.29, 1.82) is 0 Å². The second-order valence-corrected chi connectivity index (χ2v) is 6.11. The first-order valence-corrected chi connectivity index (χ1v) is 8.41. The predicted molar refractivity (Wildman–Crippen MR) is 89.5 cm³/mol. The van der Waals surface area contributed by atoms with Crippen LogP contribution in [0.2, 0.25) is 0 Å². The van der Waals surface area contributed by atoms with Crippen LogP contribution in [0, 0.1) is 0 Å². The van der Waals surface area contributed by atoms with Crippen LogP contribution < -0.4 is 14.2 Å². The lowest BCUT2D eigenvalue weighted by atomic mass is 10.1. The lowest BCUT2D eigenvalue weighted by molar-refractivity contribution is -0.128. The van der Waals surface area contributed by atoms with E-state index >= 15 is 0 Å². The van der Waals surface area contributed by atoms with Crippen molar-refractivity contribution in [2.45, 2.75) is 11.8 Å². The van der Waals surface area contributed by atoms with Crippen molar-refractivity contribution >= 4 is 17.7 Å². The average molecular weight is 341 g/mol. The minimum atomic E-state index is -0.0888. The molecule has 1 amide bonds. The zero-order chi connectivity index (χ0) is 16.8. The summed E-state index contributed by atoms with van der Waals surface area (Å²) >= 11 is 1.59. The van der Waals surface area contributed by atoms with E-state index in [4.69, 9.17) is 18.9 Å². The maximum Gasteiger partial charge on any atom is 0.233 e. The number of thioether (sulfide) groups is 1. The predicted octanol–water partition coefficient (Wildman–Crippen LogP) is 2.32. The fourth-order valence-corrected chi connectivity index (χ4v) is 3.81. The van der Waals surface area contributed by atoms with Crippen LogP contribution in [0.15, 0.2) is 12.1 Å². The monoisotopic (exact) mass is 341 g/mol. The molecule has 6 nitrogen and oxygen atoms in total. The van der Waals surface area contributed by atoms with E-state index in [1.165, 1.54) is 0 Å². The first-order valence-electron chi connectivity index (χ1n) is 7.36. The number of rotatable bonds is 8. The van der Waals surface area contributed by atoms with E-state index in [1.54, 1.807) is 46.3 Å². The van der Waals surface area contributed by atoms with Crippen molar-refractivity contribution in [3.05, 3.63) is 17.7 Å². The summed E-state index contributed by atoms with van der Waals surface area (Å²) in [5, 5.41) is -0.0888. The van der Waals surface area contributed by atoms with Crippen LogP contribution in [0.4, 0.5) is 0 Å². The molecule has 0 spiro atoms. The van der Waals surface area contributed by atoms with E-state index in [1.807, 2.05) is 11.0 Å². The lowest BCUT2D eigenvalue weighted by Gasteiger charge is -2.26. The number of carbonyl (C=O) groups is 1. The first kappa shape index (κ1) is 17.7. The SMILES string of the molecule is COCCCN1C(=O)CSC1c1cc(OC)c(OC)cc1OC. The number of methoxy groups -OCH3 is 4. The van der Waals surface area contributed by atoms with Gasteiger partial charge in [0.25, 0.3) is 0 Å². The molecule has 1 unspecified atom stereocenters. The van der Waals surface area contributed by atoms with E-state index in [-0.39, 0.29) is 11.3 Å². The van der Waals surface area contributed by atoms with Gasteiger partial charge >= 0.3 is 0 Å². The third kappa shape index (κ3) is 3.84. The molecule has 128 valence electrons. The minimum Gasteiger partial charge on any atom is -0.496 e. The molecule has 1 fully saturated rings. The largest absolute Gasteiger partial charge is 0.496 e. The number of carbonyl (C=O) groups excluding carboxylic acids is 1. The molecule has 23 heavy (non-hydrogen) atoms. The Kier molecular flexibility index (Phi) is 6.41. The molecule has 1 saturated heterocycles. The van der Waals surface area contributed by atoms with Crippen molar-refractivity contribution in [2.24, 2.45) is 0 Å². The van der Waals surface area contributed by atoms with Crippen LogP contribution in [0.5, 0.6) is 17.2 Å². The normalized spacial score (nSPS) is 17.5. The van der Waals surface area contributed by atoms with Crippen molar-refractivity contribution in [3.63, 3.8) is 0 Å². The Labute approximate surface area is 141 Å². The van der Waals surface area contributed by atoms with Gasteiger partial charge in [0.05, 0.1) is 27.1 Å². The molecule has 1 aromatic rings. The molecule has 1 aliphatic heterocycles. The van der Waals surface area contributed by atoms with E-state index < -0.39 is 0 Å². The van der Waals surface area contributed by atoms with Crippen LogP contribution in [0.1, 0.15) is 17.4 Å². The molecule has 1 heterocycles. The van der Waals surface area contributed by atoms with Crippen LogP contribution in [0.3, 0.4) is 0 Å². The Bertz CT molecular complexity index is 552. The van der Waals surface area contributed by atoms with Crippen molar-refractivity contribution < 1.29 is 23.7 Å². The highest BCUT2D eigenvalue weighted by Gasteiger charge is 2.35. The van der Waals surface area contributed by atoms with Gasteiger partial charge < -0.3 is 23.8 Å². The first-order chi connectivity index (χ1) is 11.2. The molecule has 1 aliphatic rings. The van der Waals surface area contributed by atoms with Gasteiger partial charge in [0, 0.05) is 31.9 Å². The molecule has 0 radical (unpaired) electrons. The number of hydrogen-bond acceptors (Lipinski definition) is 6. The summed E-state index contributed by atoms with van der Waals surface area (Å²) < 4.78 is 21.3. The second kappa shape index (κ2) is 8.31. The zero-order valence-electron chi connectivity index (χ0n) is 14.0. The highest BCUT2D eigenvalue weighted by atomic mass is 32.2. The fraction of sp³-hybridized carbons (Fsp3) is 0.562. The highest BCUT2D eigenvalue weighted by Crippen LogP contribution is 2.46. The average Bonchev–Trinajstić information content (AvgIpc) is 2.94. The summed E-state index contributed by atoms with van der Waals surface area (Å²) in [6.45, 7) is 1.28. The summed E-state index contributed by atoms with van der Waals surface area (Å²) in [5.74, 6) is 2.52. The molecule has 1 atom stereocenters. The topological polar surface area (TPSA) is 57.2 Å². The third-order valence-corrected chi connectivity index (χ3v) is 4.96. The number of benzene rings is 1. The number of nitrogens with zero attached hydrogens (tertiary/aromatic N) is 1. The zero-order valence-corrected chi connectivity index (χ0v) is 14.8. The molecule has 1 aromatic carbocycles. The molecular formula is C16H23NO5S. The summed E-state index contributed by atoms with van der Waals surface area (Å²) in [4.78, 5) is 14.1. The van der Waals surface area contributed by atoms with Crippen LogP contribution >= 0.6 is 11.8 Å². The van der Waals surface area contributed by atoms with Gasteiger partial charge in [-0.05, 0) is 12.5 Å². The summed E-state index contributed by atoms with van der Waals surface area (Å²) in [6, 6.07) is 3.68. The Hall–Kier alpha value is -1.60. The summed E-state index contributed by atoms with van der Waals surface area (Å²) in [7, 11) is 6.45. The molecule has 0 aromatic heterocycles. The highest BCUT2D eigenvalue weighted by molar-refractivity contribution is 8.00. The van der Waals surface area contributed by atoms with Gasteiger partial charge in [0.2, 0.25) is 5.91 Å². The number of hydrogen-bond donors (Lipinski definition) is 0. The molecular weight excluding hydrogens is 318 g/mol. The van der Waals surface area contributed by atoms with Gasteiger partial charge in [-0.3, -0.25) is 4.79 Å². The minimum absolute atomic E-state index is 0.0888. The molecule has 0 saturated carbocycles. The van der Waals surface area contributed by atoms with E-state index in [0.717, 1.165) is 12.0 Å². The van der Waals surface area contributed by atoms with Gasteiger partial charge in [0.15, 0.2) is 11.5 Å². The Morgan fingerprint density at radius 1 is 1.09 bits per heavy atom. The molecule has 0 N–H and O–H groups in total. The summed E-state index contributed by atoms with van der Waals surface area (Å²) in [5.41, 5.74) is 0.915. The Morgan fingerprint density at radius 3 is 2.35 bits per heavy atom. The summed E-state index contributed by atoms with van der Waals surface area (Å²) in [6.07, 6.45) is 0.801. The van der Waals surface area contributed by atoms with Gasteiger partial charge in [-0.25, -0.2) is 0 Å². The van der Waals surface area contributed by atoms with Gasteiger partial charge in [-0.2, -0.15) is 0 Å². The maximum atomic E-state index is 12.2. The number of ether oxygens (including phenoxy) is 4. The molecule has 2 rings (SSSR count). The fourth-order valence-electron chi connectivity index (χ4n) is 2.58. The van der Waals surface area contributed by atoms with E-state index in [9.17, 15) is 4.79 Å². The molecule has 7 heteroatoms. The van der Waals surface area contributed by atoms with Crippen LogP contribution in [0.25, 0.3) is 0 Å². The van der Waals surface area contributed by atoms with E-state index in [2.05, 4.69) is 0 Å². The van der Waals surface area contributed by atoms with E-state index in [0.29, 0.717) is 36.2 Å². The molecule has 0 bridgehead atoms. The third-order valence-electron chi connectivity index (χ3n) is 3.72. The second-order valence-electron chi connectivity index (χ2n) is 5.05. The quantitative estimate of drug-likeness (QED) is 0.677. The van der Waals surface area contributed by atoms with Crippen molar-refractivity contribution in [2.75, 3.05) is 47.3 Å². The number of amides is 1.